The molecule has 128 valence electrons. The average molecular weight is 337 g/mol. The zero-order valence-corrected chi connectivity index (χ0v) is 12.9. The fourth-order valence-corrected chi connectivity index (χ4v) is 2.13. The van der Waals surface area contributed by atoms with Crippen molar-refractivity contribution in [3.05, 3.63) is 53.9 Å². The maximum atomic E-state index is 13.0. The lowest BCUT2D eigenvalue weighted by atomic mass is 10.2. The molecule has 1 aromatic heterocycles. The topological polar surface area (TPSA) is 83.4 Å². The maximum absolute atomic E-state index is 13.0. The number of rotatable bonds is 5. The minimum atomic E-state index is -1.13. The largest absolute Gasteiger partial charge is 0.387 e. The zero-order chi connectivity index (χ0) is 17.7. The van der Waals surface area contributed by atoms with Gasteiger partial charge >= 0.3 is 11.8 Å². The number of amides is 2. The van der Waals surface area contributed by atoms with E-state index in [4.69, 9.17) is 0 Å². The van der Waals surface area contributed by atoms with Gasteiger partial charge in [0.05, 0.1) is 6.10 Å². The number of aromatic nitrogens is 1. The van der Waals surface area contributed by atoms with Crippen molar-refractivity contribution in [3.8, 4) is 0 Å². The first-order valence-corrected chi connectivity index (χ1v) is 7.22. The van der Waals surface area contributed by atoms with Gasteiger partial charge in [-0.05, 0) is 30.7 Å². The highest BCUT2D eigenvalue weighted by atomic mass is 19.2. The van der Waals surface area contributed by atoms with Crippen LogP contribution in [0, 0.1) is 11.6 Å². The van der Waals surface area contributed by atoms with Gasteiger partial charge in [0.15, 0.2) is 11.6 Å². The summed E-state index contributed by atoms with van der Waals surface area (Å²) in [4.78, 5) is 23.3. The zero-order valence-electron chi connectivity index (χ0n) is 12.9. The third kappa shape index (κ3) is 4.39. The lowest BCUT2D eigenvalue weighted by Gasteiger charge is -2.12. The first-order valence-electron chi connectivity index (χ1n) is 7.22. The Morgan fingerprint density at radius 2 is 1.96 bits per heavy atom. The number of hydrogen-bond acceptors (Lipinski definition) is 3. The molecule has 8 heteroatoms. The summed E-state index contributed by atoms with van der Waals surface area (Å²) >= 11 is 0. The molecule has 0 fully saturated rings. The highest BCUT2D eigenvalue weighted by Gasteiger charge is 2.16. The molecule has 0 aliphatic carbocycles. The predicted molar refractivity (Wildman–Crippen MR) is 83.0 cm³/mol. The van der Waals surface area contributed by atoms with E-state index in [1.807, 2.05) is 0 Å². The number of nitrogens with one attached hydrogen (secondary N) is 2. The number of carbonyl (C=O) groups excluding carboxylic acids is 2. The monoisotopic (exact) mass is 337 g/mol. The number of anilines is 1. The molecule has 6 nitrogen and oxygen atoms in total. The molecule has 0 bridgehead atoms. The minimum absolute atomic E-state index is 0.0297. The van der Waals surface area contributed by atoms with Crippen LogP contribution in [0.1, 0.15) is 18.2 Å². The van der Waals surface area contributed by atoms with Crippen LogP contribution >= 0.6 is 0 Å². The second-order valence-electron chi connectivity index (χ2n) is 5.19. The molecular weight excluding hydrogens is 320 g/mol. The minimum Gasteiger partial charge on any atom is -0.387 e. The summed E-state index contributed by atoms with van der Waals surface area (Å²) in [6, 6.07) is 6.30. The van der Waals surface area contributed by atoms with Gasteiger partial charge in [0.25, 0.3) is 0 Å². The van der Waals surface area contributed by atoms with Crippen LogP contribution in [0.3, 0.4) is 0 Å². The normalized spacial score (nSPS) is 11.8. The van der Waals surface area contributed by atoms with E-state index in [-0.39, 0.29) is 18.7 Å². The Morgan fingerprint density at radius 1 is 1.21 bits per heavy atom. The van der Waals surface area contributed by atoms with Crippen molar-refractivity contribution in [3.63, 3.8) is 0 Å². The van der Waals surface area contributed by atoms with E-state index in [1.165, 1.54) is 0 Å². The van der Waals surface area contributed by atoms with Gasteiger partial charge in [0.1, 0.15) is 0 Å². The van der Waals surface area contributed by atoms with Crippen LogP contribution in [0.25, 0.3) is 0 Å². The summed E-state index contributed by atoms with van der Waals surface area (Å²) in [5.74, 6) is -4.11. The molecule has 0 saturated carbocycles. The summed E-state index contributed by atoms with van der Waals surface area (Å²) in [6.07, 6.45) is 1.23. The molecule has 0 radical (unpaired) electrons. The van der Waals surface area contributed by atoms with E-state index in [9.17, 15) is 23.5 Å². The summed E-state index contributed by atoms with van der Waals surface area (Å²) in [7, 11) is 1.78. The summed E-state index contributed by atoms with van der Waals surface area (Å²) in [5.41, 5.74) is 0.661. The molecule has 0 saturated heterocycles. The number of benzene rings is 1. The quantitative estimate of drug-likeness (QED) is 0.723. The van der Waals surface area contributed by atoms with Crippen LogP contribution in [0.5, 0.6) is 0 Å². The highest BCUT2D eigenvalue weighted by molar-refractivity contribution is 6.39. The van der Waals surface area contributed by atoms with Crippen LogP contribution in [0.15, 0.2) is 36.5 Å². The van der Waals surface area contributed by atoms with E-state index in [0.717, 1.165) is 18.2 Å². The molecule has 0 aliphatic rings. The number of aliphatic hydroxyl groups is 1. The molecule has 0 aliphatic heterocycles. The number of halogens is 2. The summed E-state index contributed by atoms with van der Waals surface area (Å²) in [5, 5.41) is 14.5. The Balaban J connectivity index is 1.80. The number of nitrogens with zero attached hydrogens (tertiary/aromatic N) is 1. The van der Waals surface area contributed by atoms with Crippen LogP contribution in [-0.2, 0) is 16.6 Å². The standard InChI is InChI=1S/C16H17F2N3O3/c1-21-8-2-3-13(21)14(22)6-7-19-15(23)16(24)20-10-4-5-11(17)12(18)9-10/h2-5,8-9,14,22H,6-7H2,1H3,(H,19,23)(H,20,24). The molecule has 24 heavy (non-hydrogen) atoms. The Hall–Kier alpha value is -2.74. The van der Waals surface area contributed by atoms with Crippen molar-refractivity contribution in [1.29, 1.82) is 0 Å². The van der Waals surface area contributed by atoms with Crippen LogP contribution in [0.2, 0.25) is 0 Å². The third-order valence-corrected chi connectivity index (χ3v) is 3.41. The van der Waals surface area contributed by atoms with Gasteiger partial charge < -0.3 is 20.3 Å². The van der Waals surface area contributed by atoms with Crippen LogP contribution in [0.4, 0.5) is 14.5 Å². The molecule has 2 aromatic rings. The van der Waals surface area contributed by atoms with Crippen molar-refractivity contribution >= 4 is 17.5 Å². The van der Waals surface area contributed by atoms with E-state index in [1.54, 1.807) is 29.9 Å². The third-order valence-electron chi connectivity index (χ3n) is 3.41. The van der Waals surface area contributed by atoms with Crippen LogP contribution < -0.4 is 10.6 Å². The Labute approximate surface area is 137 Å². The van der Waals surface area contributed by atoms with E-state index < -0.39 is 29.6 Å². The maximum Gasteiger partial charge on any atom is 0.313 e. The van der Waals surface area contributed by atoms with Crippen molar-refractivity contribution in [2.45, 2.75) is 12.5 Å². The second-order valence-corrected chi connectivity index (χ2v) is 5.19. The van der Waals surface area contributed by atoms with E-state index in [2.05, 4.69) is 10.6 Å². The molecule has 1 unspecified atom stereocenters. The number of aliphatic hydroxyl groups excluding tert-OH is 1. The lowest BCUT2D eigenvalue weighted by molar-refractivity contribution is -0.136. The lowest BCUT2D eigenvalue weighted by Crippen LogP contribution is -2.36. The Bertz CT molecular complexity index is 746. The fourth-order valence-electron chi connectivity index (χ4n) is 2.13. The molecule has 3 N–H and O–H groups in total. The Kier molecular flexibility index (Phi) is 5.64. The molecule has 0 spiro atoms. The predicted octanol–water partition coefficient (Wildman–Crippen LogP) is 1.48. The van der Waals surface area contributed by atoms with Gasteiger partial charge in [0.2, 0.25) is 0 Å². The van der Waals surface area contributed by atoms with Gasteiger partial charge in [-0.1, -0.05) is 0 Å². The first kappa shape index (κ1) is 17.6. The number of hydrogen-bond donors (Lipinski definition) is 3. The summed E-state index contributed by atoms with van der Waals surface area (Å²) in [6.45, 7) is 0.0797. The SMILES string of the molecule is Cn1cccc1C(O)CCNC(=O)C(=O)Nc1ccc(F)c(F)c1. The fraction of sp³-hybridized carbons (Fsp3) is 0.250. The summed E-state index contributed by atoms with van der Waals surface area (Å²) < 4.78 is 27.6. The Morgan fingerprint density at radius 3 is 2.58 bits per heavy atom. The highest BCUT2D eigenvalue weighted by Crippen LogP contribution is 2.15. The van der Waals surface area contributed by atoms with Crippen molar-refractivity contribution in [1.82, 2.24) is 9.88 Å². The van der Waals surface area contributed by atoms with Crippen molar-refractivity contribution in [2.75, 3.05) is 11.9 Å². The van der Waals surface area contributed by atoms with E-state index in [0.29, 0.717) is 5.69 Å². The van der Waals surface area contributed by atoms with Gasteiger partial charge in [-0.25, -0.2) is 8.78 Å². The van der Waals surface area contributed by atoms with Crippen LogP contribution in [-0.4, -0.2) is 28.0 Å². The molecule has 1 heterocycles. The van der Waals surface area contributed by atoms with Gasteiger partial charge in [-0.2, -0.15) is 0 Å². The smallest absolute Gasteiger partial charge is 0.313 e. The van der Waals surface area contributed by atoms with E-state index >= 15 is 0 Å². The van der Waals surface area contributed by atoms with Gasteiger partial charge in [0, 0.05) is 37.2 Å². The van der Waals surface area contributed by atoms with Gasteiger partial charge in [-0.3, -0.25) is 9.59 Å². The first-order chi connectivity index (χ1) is 11.4. The number of aryl methyl sites for hydroxylation is 1. The molecule has 1 aromatic carbocycles. The molecule has 2 rings (SSSR count). The molecular formula is C16H17F2N3O3. The average Bonchev–Trinajstić information content (AvgIpc) is 2.96. The van der Waals surface area contributed by atoms with Crippen molar-refractivity contribution in [2.24, 2.45) is 7.05 Å². The second kappa shape index (κ2) is 7.69. The number of carbonyl (C=O) groups is 2. The van der Waals surface area contributed by atoms with Crippen molar-refractivity contribution < 1.29 is 23.5 Å². The van der Waals surface area contributed by atoms with Gasteiger partial charge in [-0.15, -0.1) is 0 Å². The molecule has 2 amide bonds. The molecule has 1 atom stereocenters.